The van der Waals surface area contributed by atoms with Crippen molar-refractivity contribution in [2.24, 2.45) is 5.92 Å². The summed E-state index contributed by atoms with van der Waals surface area (Å²) in [5.41, 5.74) is 2.37. The third-order valence-electron chi connectivity index (χ3n) is 5.18. The molecule has 1 N–H and O–H groups in total. The fourth-order valence-electron chi connectivity index (χ4n) is 3.39. The van der Waals surface area contributed by atoms with Crippen molar-refractivity contribution in [3.63, 3.8) is 0 Å². The van der Waals surface area contributed by atoms with E-state index in [1.807, 2.05) is 18.2 Å². The van der Waals surface area contributed by atoms with Crippen LogP contribution in [-0.4, -0.2) is 59.6 Å². The number of pyridine rings is 2. The average Bonchev–Trinajstić information content (AvgIpc) is 3.11. The fourth-order valence-corrected chi connectivity index (χ4v) is 6.42. The summed E-state index contributed by atoms with van der Waals surface area (Å²) < 4.78 is 17.4. The summed E-state index contributed by atoms with van der Waals surface area (Å²) in [5, 5.41) is 7.77. The Morgan fingerprint density at radius 2 is 2.10 bits per heavy atom. The van der Waals surface area contributed by atoms with Crippen molar-refractivity contribution < 1.29 is 9.26 Å². The van der Waals surface area contributed by atoms with E-state index in [1.54, 1.807) is 12.4 Å². The number of hydrogen-bond donors (Lipinski definition) is 1. The van der Waals surface area contributed by atoms with Gasteiger partial charge in [-0.1, -0.05) is 13.8 Å². The molecule has 0 aliphatic carbocycles. The third-order valence-corrected chi connectivity index (χ3v) is 8.62. The Bertz CT molecular complexity index is 1240. The van der Waals surface area contributed by atoms with E-state index in [9.17, 15) is 0 Å². The molecule has 0 atom stereocenters. The average molecular weight is 543 g/mol. The molecule has 2 radical (unpaired) electrons. The molecule has 0 saturated carbocycles. The summed E-state index contributed by atoms with van der Waals surface area (Å²) in [6.07, 6.45) is 4.85. The van der Waals surface area contributed by atoms with Crippen molar-refractivity contribution in [2.75, 3.05) is 23.2 Å². The second kappa shape index (κ2) is 8.80. The number of halogens is 1. The van der Waals surface area contributed by atoms with Gasteiger partial charge in [-0.05, 0) is 5.92 Å². The second-order valence-electron chi connectivity index (χ2n) is 8.05. The maximum absolute atomic E-state index is 6.44. The van der Waals surface area contributed by atoms with E-state index in [0.29, 0.717) is 23.4 Å². The van der Waals surface area contributed by atoms with Gasteiger partial charge in [0.25, 0.3) is 0 Å². The monoisotopic (exact) mass is 543 g/mol. The van der Waals surface area contributed by atoms with Gasteiger partial charge in [0.1, 0.15) is 0 Å². The SMILES string of the molecule is CC(C)COc1ncc(-c2nccc3cc4c([NH][Sn][N]5CCC5)noc4cc23)cc1Cl. The molecule has 4 heterocycles. The van der Waals surface area contributed by atoms with Crippen LogP contribution in [-0.2, 0) is 0 Å². The van der Waals surface area contributed by atoms with Crippen LogP contribution < -0.4 is 8.28 Å². The van der Waals surface area contributed by atoms with Gasteiger partial charge in [0.2, 0.25) is 0 Å². The Hall–Kier alpha value is -2.10. The molecule has 0 bridgehead atoms. The minimum atomic E-state index is -0.835. The summed E-state index contributed by atoms with van der Waals surface area (Å²) in [6, 6.07) is 7.96. The van der Waals surface area contributed by atoms with Gasteiger partial charge in [-0.25, -0.2) is 0 Å². The Morgan fingerprint density at radius 3 is 2.84 bits per heavy atom. The summed E-state index contributed by atoms with van der Waals surface area (Å²) in [7, 11) is 0. The van der Waals surface area contributed by atoms with E-state index in [2.05, 4.69) is 41.7 Å². The fraction of sp³-hybridized carbons (Fsp3) is 0.318. The molecular weight excluding hydrogens is 520 g/mol. The molecule has 158 valence electrons. The number of nitrogens with one attached hydrogen (secondary N) is 1. The zero-order chi connectivity index (χ0) is 21.4. The van der Waals surface area contributed by atoms with E-state index >= 15 is 0 Å². The number of aromatic nitrogens is 3. The van der Waals surface area contributed by atoms with E-state index in [0.717, 1.165) is 38.8 Å². The van der Waals surface area contributed by atoms with Crippen LogP contribution in [0.15, 0.2) is 41.2 Å². The molecule has 1 fully saturated rings. The van der Waals surface area contributed by atoms with Gasteiger partial charge >= 0.3 is 170 Å². The molecule has 1 aliphatic heterocycles. The summed E-state index contributed by atoms with van der Waals surface area (Å²) >= 11 is 5.60. The van der Waals surface area contributed by atoms with Gasteiger partial charge in [-0.2, -0.15) is 0 Å². The number of anilines is 1. The summed E-state index contributed by atoms with van der Waals surface area (Å²) in [4.78, 5) is 9.01. The van der Waals surface area contributed by atoms with Crippen LogP contribution in [0.5, 0.6) is 5.88 Å². The first kappa shape index (κ1) is 20.8. The van der Waals surface area contributed by atoms with Crippen molar-refractivity contribution in [2.45, 2.75) is 20.3 Å². The second-order valence-corrected chi connectivity index (χ2v) is 11.6. The number of rotatable bonds is 7. The zero-order valence-corrected chi connectivity index (χ0v) is 21.0. The number of benzene rings is 1. The molecule has 7 nitrogen and oxygen atoms in total. The number of fused-ring (bicyclic) bond motifs is 2. The van der Waals surface area contributed by atoms with Gasteiger partial charge in [-0.15, -0.1) is 0 Å². The predicted molar refractivity (Wildman–Crippen MR) is 123 cm³/mol. The minimum absolute atomic E-state index is 0.398. The first-order valence-corrected chi connectivity index (χ1v) is 13.4. The van der Waals surface area contributed by atoms with Crippen LogP contribution in [0.1, 0.15) is 20.3 Å². The molecule has 5 rings (SSSR count). The zero-order valence-electron chi connectivity index (χ0n) is 17.4. The van der Waals surface area contributed by atoms with E-state index in [-0.39, 0.29) is 0 Å². The number of ether oxygens (including phenoxy) is 1. The molecule has 1 aliphatic rings. The van der Waals surface area contributed by atoms with Crippen molar-refractivity contribution in [3.05, 3.63) is 41.7 Å². The topological polar surface area (TPSA) is 76.3 Å². The Kier molecular flexibility index (Phi) is 5.90. The van der Waals surface area contributed by atoms with Gasteiger partial charge in [0.15, 0.2) is 0 Å². The van der Waals surface area contributed by atoms with E-state index in [4.69, 9.17) is 20.9 Å². The molecule has 0 spiro atoms. The molecule has 31 heavy (non-hydrogen) atoms. The van der Waals surface area contributed by atoms with Crippen LogP contribution in [0, 0.1) is 5.92 Å². The molecule has 3 aromatic heterocycles. The molecule has 9 heteroatoms. The van der Waals surface area contributed by atoms with Gasteiger partial charge < -0.3 is 0 Å². The van der Waals surface area contributed by atoms with Crippen molar-refractivity contribution >= 4 is 60.8 Å². The van der Waals surface area contributed by atoms with Crippen LogP contribution in [0.4, 0.5) is 5.82 Å². The number of hydrogen-bond acceptors (Lipinski definition) is 7. The standard InChI is InChI=1S/C19H16ClN4O2.C3H6N.Sn/c1-10(2)9-25-19-15(20)6-12(8-23-19)17-13-7-16-14(18(21)24-26-16)5-11(13)3-4-22-17;1-2-4-3-1;/h3-8,10H,9H2,1-2H3,(H-,21,24);1-3H2;/q2*-1;+2. The summed E-state index contributed by atoms with van der Waals surface area (Å²) in [6.45, 7) is 7.14. The Balaban J connectivity index is 1.48. The van der Waals surface area contributed by atoms with Gasteiger partial charge in [-0.3, -0.25) is 0 Å². The van der Waals surface area contributed by atoms with E-state index < -0.39 is 21.7 Å². The van der Waals surface area contributed by atoms with Crippen LogP contribution in [0.2, 0.25) is 5.02 Å². The molecular formula is C22H22ClN5O2Sn. The normalized spacial score (nSPS) is 14.3. The molecule has 1 saturated heterocycles. The maximum atomic E-state index is 6.44. The van der Waals surface area contributed by atoms with E-state index in [1.165, 1.54) is 19.5 Å². The van der Waals surface area contributed by atoms with Gasteiger partial charge in [0.05, 0.1) is 6.61 Å². The van der Waals surface area contributed by atoms with Crippen LogP contribution in [0.25, 0.3) is 33.0 Å². The number of nitrogens with zero attached hydrogens (tertiary/aromatic N) is 4. The van der Waals surface area contributed by atoms with Crippen molar-refractivity contribution in [3.8, 4) is 17.1 Å². The van der Waals surface area contributed by atoms with Crippen LogP contribution in [0.3, 0.4) is 0 Å². The summed E-state index contributed by atoms with van der Waals surface area (Å²) in [5.74, 6) is 1.68. The van der Waals surface area contributed by atoms with Crippen molar-refractivity contribution in [1.29, 1.82) is 0 Å². The first-order chi connectivity index (χ1) is 15.1. The van der Waals surface area contributed by atoms with Gasteiger partial charge in [0, 0.05) is 0 Å². The first-order valence-electron chi connectivity index (χ1n) is 10.3. The van der Waals surface area contributed by atoms with Crippen molar-refractivity contribution in [1.82, 2.24) is 18.2 Å². The molecule has 4 aromatic rings. The predicted octanol–water partition coefficient (Wildman–Crippen LogP) is 4.78. The molecule has 1 aromatic carbocycles. The quantitative estimate of drug-likeness (QED) is 0.337. The Labute approximate surface area is 196 Å². The third kappa shape index (κ3) is 4.31. The van der Waals surface area contributed by atoms with Crippen LogP contribution >= 0.6 is 11.6 Å². The Morgan fingerprint density at radius 1 is 1.23 bits per heavy atom. The molecule has 0 amide bonds. The molecule has 0 unspecified atom stereocenters.